The summed E-state index contributed by atoms with van der Waals surface area (Å²) in [6.07, 6.45) is -1.39. The van der Waals surface area contributed by atoms with Crippen molar-refractivity contribution in [3.63, 3.8) is 0 Å². The molecular formula is C22H22N4O8S2. The molecule has 0 radical (unpaired) electrons. The third-order valence-electron chi connectivity index (χ3n) is 4.56. The fourth-order valence-corrected chi connectivity index (χ4v) is 4.95. The quantitative estimate of drug-likeness (QED) is 0.339. The molecule has 0 unspecified atom stereocenters. The number of benzene rings is 3. The summed E-state index contributed by atoms with van der Waals surface area (Å²) in [4.78, 5) is 22.4. The molecule has 0 aliphatic rings. The van der Waals surface area contributed by atoms with Crippen LogP contribution in [-0.4, -0.2) is 43.2 Å². The van der Waals surface area contributed by atoms with E-state index >= 15 is 0 Å². The van der Waals surface area contributed by atoms with Crippen molar-refractivity contribution in [2.75, 3.05) is 34.3 Å². The molecule has 3 rings (SSSR count). The fraction of sp³-hybridized carbons (Fsp3) is 0.0909. The van der Waals surface area contributed by atoms with Crippen LogP contribution in [0.3, 0.4) is 0 Å². The Morgan fingerprint density at radius 3 is 1.28 bits per heavy atom. The molecular weight excluding hydrogens is 512 g/mol. The second kappa shape index (κ2) is 11.0. The lowest BCUT2D eigenvalue weighted by molar-refractivity contribution is 0.186. The Hall–Kier alpha value is -4.30. The standard InChI is InChI=1S/C22H22N4O8S2/c1-33-21(27)23-15-6-10-19(11-7-15)35(29,30)25-17-4-3-5-18(14-17)26-36(31,32)20-12-8-16(9-13-20)24-22(28)34-2/h3-14,25-26H,1-2H3,(H,23,27)(H,24,28). The highest BCUT2D eigenvalue weighted by Gasteiger charge is 2.17. The Morgan fingerprint density at radius 1 is 0.583 bits per heavy atom. The van der Waals surface area contributed by atoms with Crippen molar-refractivity contribution in [2.45, 2.75) is 9.79 Å². The van der Waals surface area contributed by atoms with E-state index in [1.165, 1.54) is 87.0 Å². The van der Waals surface area contributed by atoms with E-state index in [-0.39, 0.29) is 21.2 Å². The summed E-state index contributed by atoms with van der Waals surface area (Å²) in [7, 11) is -5.62. The normalized spacial score (nSPS) is 11.2. The van der Waals surface area contributed by atoms with E-state index in [1.54, 1.807) is 0 Å². The first-order valence-corrected chi connectivity index (χ1v) is 13.0. The van der Waals surface area contributed by atoms with Crippen LogP contribution in [-0.2, 0) is 29.5 Å². The molecule has 3 aromatic carbocycles. The number of hydrogen-bond donors (Lipinski definition) is 4. The summed E-state index contributed by atoms with van der Waals surface area (Å²) in [6.45, 7) is 0. The van der Waals surface area contributed by atoms with Gasteiger partial charge >= 0.3 is 12.2 Å². The Bertz CT molecular complexity index is 1350. The number of nitrogens with one attached hydrogen (secondary N) is 4. The van der Waals surface area contributed by atoms with E-state index < -0.39 is 32.2 Å². The summed E-state index contributed by atoms with van der Waals surface area (Å²) in [5.41, 5.74) is 0.909. The number of rotatable bonds is 8. The predicted octanol–water partition coefficient (Wildman–Crippen LogP) is 3.64. The number of carbonyl (C=O) groups is 2. The molecule has 4 N–H and O–H groups in total. The summed E-state index contributed by atoms with van der Waals surface area (Å²) < 4.78 is 64.7. The Kier molecular flexibility index (Phi) is 8.01. The maximum Gasteiger partial charge on any atom is 0.411 e. The van der Waals surface area contributed by atoms with E-state index in [2.05, 4.69) is 29.6 Å². The molecule has 190 valence electrons. The fourth-order valence-electron chi connectivity index (χ4n) is 2.85. The molecule has 0 aliphatic heterocycles. The van der Waals surface area contributed by atoms with E-state index in [4.69, 9.17) is 0 Å². The van der Waals surface area contributed by atoms with Crippen molar-refractivity contribution in [2.24, 2.45) is 0 Å². The minimum absolute atomic E-state index is 0.0791. The number of methoxy groups -OCH3 is 2. The zero-order valence-corrected chi connectivity index (χ0v) is 20.6. The van der Waals surface area contributed by atoms with E-state index in [1.807, 2.05) is 0 Å². The third kappa shape index (κ3) is 6.86. The van der Waals surface area contributed by atoms with Crippen LogP contribution >= 0.6 is 0 Å². The average Bonchev–Trinajstić information content (AvgIpc) is 2.84. The van der Waals surface area contributed by atoms with Gasteiger partial charge in [-0.2, -0.15) is 0 Å². The number of ether oxygens (including phenoxy) is 2. The summed E-state index contributed by atoms with van der Waals surface area (Å²) in [5.74, 6) is 0. The predicted molar refractivity (Wildman–Crippen MR) is 133 cm³/mol. The molecule has 0 saturated heterocycles. The minimum atomic E-state index is -4.01. The number of hydrogen-bond acceptors (Lipinski definition) is 8. The van der Waals surface area contributed by atoms with Gasteiger partial charge in [0.2, 0.25) is 0 Å². The maximum absolute atomic E-state index is 12.7. The Labute approximate surface area is 207 Å². The van der Waals surface area contributed by atoms with Gasteiger partial charge in [-0.1, -0.05) is 6.07 Å². The first kappa shape index (κ1) is 26.3. The molecule has 36 heavy (non-hydrogen) atoms. The second-order valence-electron chi connectivity index (χ2n) is 7.07. The van der Waals surface area contributed by atoms with Crippen molar-refractivity contribution in [1.29, 1.82) is 0 Å². The number of carbonyl (C=O) groups excluding carboxylic acids is 2. The molecule has 0 fully saturated rings. The zero-order chi connectivity index (χ0) is 26.3. The summed E-state index contributed by atoms with van der Waals surface area (Å²) in [5, 5.41) is 4.82. The van der Waals surface area contributed by atoms with Crippen LogP contribution in [0.4, 0.5) is 32.3 Å². The molecule has 3 aromatic rings. The number of amides is 2. The van der Waals surface area contributed by atoms with Gasteiger partial charge in [0.05, 0.1) is 35.4 Å². The Morgan fingerprint density at radius 2 is 0.944 bits per heavy atom. The van der Waals surface area contributed by atoms with Crippen molar-refractivity contribution in [3.8, 4) is 0 Å². The van der Waals surface area contributed by atoms with Crippen LogP contribution in [0.25, 0.3) is 0 Å². The molecule has 12 nitrogen and oxygen atoms in total. The molecule has 14 heteroatoms. The van der Waals surface area contributed by atoms with E-state index in [9.17, 15) is 26.4 Å². The molecule has 0 aliphatic carbocycles. The minimum Gasteiger partial charge on any atom is -0.453 e. The molecule has 0 atom stereocenters. The van der Waals surface area contributed by atoms with Crippen LogP contribution in [0.5, 0.6) is 0 Å². The average molecular weight is 535 g/mol. The van der Waals surface area contributed by atoms with Gasteiger partial charge in [-0.15, -0.1) is 0 Å². The lowest BCUT2D eigenvalue weighted by atomic mass is 10.3. The van der Waals surface area contributed by atoms with E-state index in [0.29, 0.717) is 11.4 Å². The highest BCUT2D eigenvalue weighted by Crippen LogP contribution is 2.23. The summed E-state index contributed by atoms with van der Waals surface area (Å²) in [6, 6.07) is 16.4. The topological polar surface area (TPSA) is 169 Å². The summed E-state index contributed by atoms with van der Waals surface area (Å²) >= 11 is 0. The smallest absolute Gasteiger partial charge is 0.411 e. The van der Waals surface area contributed by atoms with Crippen LogP contribution in [0.15, 0.2) is 82.6 Å². The van der Waals surface area contributed by atoms with Gasteiger partial charge < -0.3 is 9.47 Å². The molecule has 0 saturated carbocycles. The largest absolute Gasteiger partial charge is 0.453 e. The second-order valence-corrected chi connectivity index (χ2v) is 10.4. The van der Waals surface area contributed by atoms with Gasteiger partial charge in [0.25, 0.3) is 20.0 Å². The highest BCUT2D eigenvalue weighted by atomic mass is 32.2. The van der Waals surface area contributed by atoms with Crippen LogP contribution in [0, 0.1) is 0 Å². The lowest BCUT2D eigenvalue weighted by Crippen LogP contribution is -2.15. The first-order chi connectivity index (χ1) is 17.0. The highest BCUT2D eigenvalue weighted by molar-refractivity contribution is 7.93. The van der Waals surface area contributed by atoms with Crippen molar-refractivity contribution < 1.29 is 35.9 Å². The molecule has 0 aromatic heterocycles. The van der Waals surface area contributed by atoms with Crippen molar-refractivity contribution >= 4 is 55.0 Å². The van der Waals surface area contributed by atoms with Gasteiger partial charge in [-0.3, -0.25) is 20.1 Å². The van der Waals surface area contributed by atoms with Gasteiger partial charge in [0, 0.05) is 11.4 Å². The molecule has 0 heterocycles. The van der Waals surface area contributed by atoms with Gasteiger partial charge in [-0.05, 0) is 66.7 Å². The zero-order valence-electron chi connectivity index (χ0n) is 19.0. The van der Waals surface area contributed by atoms with Gasteiger partial charge in [-0.25, -0.2) is 26.4 Å². The van der Waals surface area contributed by atoms with Crippen molar-refractivity contribution in [3.05, 3.63) is 72.8 Å². The SMILES string of the molecule is COC(=O)Nc1ccc(S(=O)(=O)Nc2cccc(NS(=O)(=O)c3ccc(NC(=O)OC)cc3)c2)cc1. The van der Waals surface area contributed by atoms with Crippen molar-refractivity contribution in [1.82, 2.24) is 0 Å². The third-order valence-corrected chi connectivity index (χ3v) is 7.35. The molecule has 0 spiro atoms. The monoisotopic (exact) mass is 534 g/mol. The molecule has 0 bridgehead atoms. The maximum atomic E-state index is 12.7. The van der Waals surface area contributed by atoms with E-state index in [0.717, 1.165) is 0 Å². The van der Waals surface area contributed by atoms with Crippen LogP contribution in [0.2, 0.25) is 0 Å². The van der Waals surface area contributed by atoms with Gasteiger partial charge in [0.1, 0.15) is 0 Å². The number of sulfonamides is 2. The van der Waals surface area contributed by atoms with Crippen LogP contribution < -0.4 is 20.1 Å². The number of anilines is 4. The lowest BCUT2D eigenvalue weighted by Gasteiger charge is -2.12. The first-order valence-electron chi connectivity index (χ1n) is 10.1. The Balaban J connectivity index is 1.72. The van der Waals surface area contributed by atoms with Gasteiger partial charge in [0.15, 0.2) is 0 Å². The molecule has 2 amide bonds. The van der Waals surface area contributed by atoms with Crippen LogP contribution in [0.1, 0.15) is 0 Å².